The number of phosphoric ester groups is 2. The van der Waals surface area contributed by atoms with E-state index < -0.39 is 97.5 Å². The highest BCUT2D eigenvalue weighted by molar-refractivity contribution is 7.47. The van der Waals surface area contributed by atoms with Gasteiger partial charge in [0.25, 0.3) is 0 Å². The fraction of sp³-hybridized carbons (Fsp3) is 0.938. The largest absolute Gasteiger partial charge is 0.472 e. The zero-order chi connectivity index (χ0) is 62.4. The van der Waals surface area contributed by atoms with E-state index in [-0.39, 0.29) is 25.7 Å². The number of aliphatic hydroxyl groups is 1. The topological polar surface area (TPSA) is 237 Å². The molecule has 84 heavy (non-hydrogen) atoms. The average molecular weight is 1240 g/mol. The fourth-order valence-corrected chi connectivity index (χ4v) is 11.2. The van der Waals surface area contributed by atoms with Gasteiger partial charge >= 0.3 is 39.5 Å². The number of hydrogen-bond donors (Lipinski definition) is 3. The van der Waals surface area contributed by atoms with Gasteiger partial charge in [-0.15, -0.1) is 0 Å². The van der Waals surface area contributed by atoms with Gasteiger partial charge in [-0.1, -0.05) is 267 Å². The predicted molar refractivity (Wildman–Crippen MR) is 335 cm³/mol. The molecule has 0 rings (SSSR count). The van der Waals surface area contributed by atoms with Gasteiger partial charge in [0.05, 0.1) is 26.4 Å². The minimum Gasteiger partial charge on any atom is -0.462 e. The maximum absolute atomic E-state index is 13.0. The SMILES string of the molecule is CCCCCCCC(=O)OC[C@H](COP(=O)(O)OC[C@H](O)COP(=O)(O)OC[C@@H](COC(=O)CCCCCCCCCCCCC(C)CC)OC(=O)CCCCCCCCCCCCC(C)CC)OC(=O)CCCCCCCCCCC(C)C. The lowest BCUT2D eigenvalue weighted by Crippen LogP contribution is -2.30. The van der Waals surface area contributed by atoms with E-state index in [9.17, 15) is 43.2 Å². The first-order valence-corrected chi connectivity index (χ1v) is 36.9. The third kappa shape index (κ3) is 56.6. The molecule has 0 aliphatic carbocycles. The highest BCUT2D eigenvalue weighted by Crippen LogP contribution is 2.45. The van der Waals surface area contributed by atoms with Gasteiger partial charge in [-0.3, -0.25) is 37.3 Å². The number of aliphatic hydroxyl groups excluding tert-OH is 1. The number of ether oxygens (including phenoxy) is 4. The molecule has 0 amide bonds. The Kier molecular flexibility index (Phi) is 55.0. The summed E-state index contributed by atoms with van der Waals surface area (Å²) in [6, 6.07) is 0. The van der Waals surface area contributed by atoms with Crippen LogP contribution in [0.5, 0.6) is 0 Å². The summed E-state index contributed by atoms with van der Waals surface area (Å²) >= 11 is 0. The Morgan fingerprint density at radius 3 is 0.905 bits per heavy atom. The first-order valence-electron chi connectivity index (χ1n) is 33.9. The second-order valence-electron chi connectivity index (χ2n) is 24.5. The molecular formula is C65H126O17P2. The molecule has 498 valence electrons. The van der Waals surface area contributed by atoms with E-state index in [2.05, 4.69) is 48.5 Å². The molecule has 0 fully saturated rings. The summed E-state index contributed by atoms with van der Waals surface area (Å²) < 4.78 is 67.9. The summed E-state index contributed by atoms with van der Waals surface area (Å²) in [6.45, 7) is 11.7. The van der Waals surface area contributed by atoms with Crippen molar-refractivity contribution in [1.29, 1.82) is 0 Å². The molecule has 0 saturated heterocycles. The number of unbranched alkanes of at least 4 members (excludes halogenated alkanes) is 29. The van der Waals surface area contributed by atoms with Crippen LogP contribution >= 0.6 is 15.6 Å². The quantitative estimate of drug-likeness (QED) is 0.0222. The molecule has 0 aromatic rings. The molecule has 0 aromatic carbocycles. The van der Waals surface area contributed by atoms with Gasteiger partial charge in [-0.25, -0.2) is 9.13 Å². The molecule has 19 heteroatoms. The highest BCUT2D eigenvalue weighted by Gasteiger charge is 2.30. The molecule has 4 unspecified atom stereocenters. The number of hydrogen-bond acceptors (Lipinski definition) is 15. The molecule has 0 spiro atoms. The monoisotopic (exact) mass is 1240 g/mol. The molecule has 17 nitrogen and oxygen atoms in total. The van der Waals surface area contributed by atoms with E-state index in [0.717, 1.165) is 114 Å². The van der Waals surface area contributed by atoms with Crippen molar-refractivity contribution in [1.82, 2.24) is 0 Å². The zero-order valence-corrected chi connectivity index (χ0v) is 56.1. The maximum atomic E-state index is 13.0. The lowest BCUT2D eigenvalue weighted by molar-refractivity contribution is -0.161. The van der Waals surface area contributed by atoms with Crippen molar-refractivity contribution in [2.45, 2.75) is 336 Å². The standard InChI is InChI=1S/C65H126O17P2/c1-8-11-12-29-39-46-62(67)75-52-60(81-65(70)49-42-35-28-22-21-23-30-36-43-56(4)5)54-79-83(71,72)77-50-59(66)51-78-84(73,74)80-55-61(82-64(69)48-41-34-27-20-16-14-18-25-32-38-45-58(7)10-3)53-76-63(68)47-40-33-26-19-15-13-17-24-31-37-44-57(6)9-2/h56-61,66H,8-55H2,1-7H3,(H,71,72)(H,73,74)/t57?,58?,59-,60+,61+/m0/s1. The van der Waals surface area contributed by atoms with E-state index >= 15 is 0 Å². The average Bonchev–Trinajstić information content (AvgIpc) is 3.58. The van der Waals surface area contributed by atoms with Crippen LogP contribution in [0.2, 0.25) is 0 Å². The first-order chi connectivity index (χ1) is 40.3. The normalized spacial score (nSPS) is 15.0. The van der Waals surface area contributed by atoms with Crippen LogP contribution in [0.15, 0.2) is 0 Å². The number of carbonyl (C=O) groups is 4. The molecular weight excluding hydrogens is 1110 g/mol. The van der Waals surface area contributed by atoms with Crippen LogP contribution < -0.4 is 0 Å². The lowest BCUT2D eigenvalue weighted by atomic mass is 9.99. The Hall–Kier alpha value is -1.94. The smallest absolute Gasteiger partial charge is 0.462 e. The Morgan fingerprint density at radius 2 is 0.607 bits per heavy atom. The van der Waals surface area contributed by atoms with E-state index in [1.165, 1.54) is 122 Å². The van der Waals surface area contributed by atoms with Gasteiger partial charge in [0, 0.05) is 25.7 Å². The van der Waals surface area contributed by atoms with Gasteiger partial charge in [-0.2, -0.15) is 0 Å². The Bertz CT molecular complexity index is 1670. The fourth-order valence-electron chi connectivity index (χ4n) is 9.59. The summed E-state index contributed by atoms with van der Waals surface area (Å²) in [7, 11) is -9.88. The van der Waals surface area contributed by atoms with Crippen LogP contribution in [0.25, 0.3) is 0 Å². The summed E-state index contributed by atoms with van der Waals surface area (Å²) in [4.78, 5) is 72.1. The minimum atomic E-state index is -4.95. The molecule has 0 aliphatic rings. The van der Waals surface area contributed by atoms with Crippen molar-refractivity contribution in [2.24, 2.45) is 17.8 Å². The third-order valence-corrected chi connectivity index (χ3v) is 17.5. The molecule has 0 bridgehead atoms. The molecule has 0 heterocycles. The van der Waals surface area contributed by atoms with E-state index in [4.69, 9.17) is 37.0 Å². The second-order valence-corrected chi connectivity index (χ2v) is 27.4. The van der Waals surface area contributed by atoms with Crippen molar-refractivity contribution in [3.8, 4) is 0 Å². The Labute approximate surface area is 511 Å². The zero-order valence-electron chi connectivity index (χ0n) is 54.4. The van der Waals surface area contributed by atoms with Crippen molar-refractivity contribution in [3.05, 3.63) is 0 Å². The first kappa shape index (κ1) is 82.1. The third-order valence-electron chi connectivity index (χ3n) is 15.6. The number of carbonyl (C=O) groups excluding carboxylic acids is 4. The summed E-state index contributed by atoms with van der Waals surface area (Å²) in [5.74, 6) is 0.186. The molecule has 0 radical (unpaired) electrons. The van der Waals surface area contributed by atoms with Crippen LogP contribution in [0.4, 0.5) is 0 Å². The van der Waals surface area contributed by atoms with Gasteiger partial charge in [0.2, 0.25) is 0 Å². The highest BCUT2D eigenvalue weighted by atomic mass is 31.2. The predicted octanol–water partition coefficient (Wildman–Crippen LogP) is 17.9. The van der Waals surface area contributed by atoms with E-state index in [1.54, 1.807) is 0 Å². The Balaban J connectivity index is 5.19. The van der Waals surface area contributed by atoms with Crippen LogP contribution in [0.1, 0.15) is 318 Å². The lowest BCUT2D eigenvalue weighted by Gasteiger charge is -2.21. The van der Waals surface area contributed by atoms with Crippen molar-refractivity contribution in [2.75, 3.05) is 39.6 Å². The van der Waals surface area contributed by atoms with Gasteiger partial charge in [0.15, 0.2) is 12.2 Å². The molecule has 0 saturated carbocycles. The van der Waals surface area contributed by atoms with Gasteiger partial charge in [-0.05, 0) is 43.4 Å². The summed E-state index contributed by atoms with van der Waals surface area (Å²) in [6.07, 6.45) is 37.8. The second kappa shape index (κ2) is 56.3. The maximum Gasteiger partial charge on any atom is 0.472 e. The van der Waals surface area contributed by atoms with Crippen molar-refractivity contribution in [3.63, 3.8) is 0 Å². The van der Waals surface area contributed by atoms with Crippen molar-refractivity contribution >= 4 is 39.5 Å². The molecule has 7 atom stereocenters. The Morgan fingerprint density at radius 1 is 0.345 bits per heavy atom. The molecule has 3 N–H and O–H groups in total. The van der Waals surface area contributed by atoms with Crippen LogP contribution in [-0.2, 0) is 65.4 Å². The van der Waals surface area contributed by atoms with Gasteiger partial charge in [0.1, 0.15) is 19.3 Å². The number of phosphoric acid groups is 2. The number of rotatable bonds is 63. The van der Waals surface area contributed by atoms with E-state index in [0.29, 0.717) is 25.7 Å². The van der Waals surface area contributed by atoms with E-state index in [1.807, 2.05) is 0 Å². The van der Waals surface area contributed by atoms with Crippen LogP contribution in [0, 0.1) is 17.8 Å². The molecule has 0 aromatic heterocycles. The summed E-state index contributed by atoms with van der Waals surface area (Å²) in [5.41, 5.74) is 0. The minimum absolute atomic E-state index is 0.103. The summed E-state index contributed by atoms with van der Waals surface area (Å²) in [5, 5.41) is 10.5. The number of esters is 4. The van der Waals surface area contributed by atoms with Crippen LogP contribution in [0.3, 0.4) is 0 Å². The van der Waals surface area contributed by atoms with Crippen LogP contribution in [-0.4, -0.2) is 96.7 Å². The van der Waals surface area contributed by atoms with Crippen molar-refractivity contribution < 1.29 is 80.2 Å². The van der Waals surface area contributed by atoms with Gasteiger partial charge < -0.3 is 33.8 Å². The molecule has 0 aliphatic heterocycles.